The number of rotatable bonds is 5. The predicted octanol–water partition coefficient (Wildman–Crippen LogP) is 3.61. The minimum absolute atomic E-state index is 0.0444. The Morgan fingerprint density at radius 1 is 1.26 bits per heavy atom. The van der Waals surface area contributed by atoms with E-state index in [0.29, 0.717) is 11.3 Å². The van der Waals surface area contributed by atoms with E-state index in [-0.39, 0.29) is 25.8 Å². The van der Waals surface area contributed by atoms with Crippen LogP contribution in [0.1, 0.15) is 36.7 Å². The maximum absolute atomic E-state index is 12.9. The largest absolute Gasteiger partial charge is 0.494 e. The van der Waals surface area contributed by atoms with Gasteiger partial charge in [-0.3, -0.25) is 14.6 Å². The van der Waals surface area contributed by atoms with Gasteiger partial charge in [0.2, 0.25) is 5.88 Å². The number of para-hydroxylation sites is 1. The standard InChI is InChI=1S/C20H18N4O5S2/c1-9-6-4-5-7-12(9)22-17(27)14-10(2)13(19(28)29-3)18(31-14)21-8-11-15(25)23-20(30)24-16(11)26/h4-8H,1-3H3,(H,22,27)(H3,23,24,25,26,30)/b21-8+. The molecule has 31 heavy (non-hydrogen) atoms. The highest BCUT2D eigenvalue weighted by molar-refractivity contribution is 7.71. The van der Waals surface area contributed by atoms with Crippen LogP contribution in [0.15, 0.2) is 34.1 Å². The number of aryl methyl sites for hydroxylation is 1. The van der Waals surface area contributed by atoms with Gasteiger partial charge in [0, 0.05) is 11.9 Å². The molecule has 1 aromatic carbocycles. The number of amides is 1. The van der Waals surface area contributed by atoms with Crippen molar-refractivity contribution in [3.05, 3.63) is 66.5 Å². The van der Waals surface area contributed by atoms with Crippen molar-refractivity contribution in [2.75, 3.05) is 12.4 Å². The Balaban J connectivity index is 2.04. The molecular formula is C20H18N4O5S2. The highest BCUT2D eigenvalue weighted by atomic mass is 32.1. The van der Waals surface area contributed by atoms with Crippen LogP contribution < -0.4 is 10.9 Å². The summed E-state index contributed by atoms with van der Waals surface area (Å²) in [6.07, 6.45) is 1.08. The summed E-state index contributed by atoms with van der Waals surface area (Å²) in [5.41, 5.74) is 1.17. The van der Waals surface area contributed by atoms with Gasteiger partial charge in [0.05, 0.1) is 12.0 Å². The highest BCUT2D eigenvalue weighted by Gasteiger charge is 2.25. The number of carbonyl (C=O) groups is 2. The number of benzene rings is 1. The molecule has 0 bridgehead atoms. The van der Waals surface area contributed by atoms with Gasteiger partial charge in [-0.1, -0.05) is 18.2 Å². The number of hydrogen-bond acceptors (Lipinski definition) is 8. The molecule has 0 aliphatic rings. The van der Waals surface area contributed by atoms with Crippen LogP contribution in [-0.2, 0) is 4.74 Å². The molecule has 3 rings (SSSR count). The monoisotopic (exact) mass is 458 g/mol. The van der Waals surface area contributed by atoms with Gasteiger partial charge in [0.1, 0.15) is 16.1 Å². The molecule has 0 spiro atoms. The third-order valence-corrected chi connectivity index (χ3v) is 5.79. The number of ether oxygens (including phenoxy) is 1. The quantitative estimate of drug-likeness (QED) is 0.262. The van der Waals surface area contributed by atoms with Crippen molar-refractivity contribution in [1.82, 2.24) is 9.97 Å². The molecule has 0 radical (unpaired) electrons. The number of nitrogens with one attached hydrogen (secondary N) is 3. The molecule has 3 aromatic rings. The Kier molecular flexibility index (Phi) is 6.47. The van der Waals surface area contributed by atoms with E-state index in [4.69, 9.17) is 17.0 Å². The summed E-state index contributed by atoms with van der Waals surface area (Å²) in [5, 5.41) is 12.9. The number of carbonyl (C=O) groups excluding carboxylic acids is 2. The minimum atomic E-state index is -0.679. The van der Waals surface area contributed by atoms with Crippen molar-refractivity contribution in [1.29, 1.82) is 0 Å². The van der Waals surface area contributed by atoms with Gasteiger partial charge in [-0.05, 0) is 43.3 Å². The number of aliphatic imine (C=N–C) groups is 1. The molecule has 1 amide bonds. The summed E-state index contributed by atoms with van der Waals surface area (Å²) in [5.74, 6) is -1.56. The normalized spacial score (nSPS) is 10.9. The summed E-state index contributed by atoms with van der Waals surface area (Å²) in [6, 6.07) is 7.29. The molecule has 160 valence electrons. The van der Waals surface area contributed by atoms with Gasteiger partial charge in [-0.25, -0.2) is 9.79 Å². The molecule has 11 heteroatoms. The number of nitrogens with zero attached hydrogens (tertiary/aromatic N) is 1. The van der Waals surface area contributed by atoms with Crippen molar-refractivity contribution in [3.63, 3.8) is 0 Å². The molecule has 0 saturated heterocycles. The van der Waals surface area contributed by atoms with E-state index in [1.54, 1.807) is 19.1 Å². The third-order valence-electron chi connectivity index (χ3n) is 4.39. The molecule has 4 N–H and O–H groups in total. The second-order valence-corrected chi connectivity index (χ2v) is 7.83. The van der Waals surface area contributed by atoms with Gasteiger partial charge < -0.3 is 20.1 Å². The lowest BCUT2D eigenvalue weighted by molar-refractivity contribution is 0.0601. The average Bonchev–Trinajstić information content (AvgIpc) is 3.04. The zero-order chi connectivity index (χ0) is 22.7. The molecule has 0 atom stereocenters. The SMILES string of the molecule is COC(=O)c1c(/N=C/c2c(O)[nH]c(=S)[nH]c2=O)sc(C(=O)Nc2ccccc2C)c1C. The molecule has 0 fully saturated rings. The summed E-state index contributed by atoms with van der Waals surface area (Å²) in [7, 11) is 1.22. The lowest BCUT2D eigenvalue weighted by Gasteiger charge is -2.07. The Hall–Kier alpha value is -3.57. The van der Waals surface area contributed by atoms with Crippen LogP contribution in [0, 0.1) is 18.6 Å². The fourth-order valence-electron chi connectivity index (χ4n) is 2.77. The Morgan fingerprint density at radius 2 is 1.97 bits per heavy atom. The van der Waals surface area contributed by atoms with Gasteiger partial charge in [0.15, 0.2) is 4.77 Å². The topological polar surface area (TPSA) is 137 Å². The maximum atomic E-state index is 12.9. The first-order valence-corrected chi connectivity index (χ1v) is 10.1. The minimum Gasteiger partial charge on any atom is -0.494 e. The number of esters is 1. The van der Waals surface area contributed by atoms with E-state index in [0.717, 1.165) is 23.1 Å². The number of aromatic nitrogens is 2. The van der Waals surface area contributed by atoms with E-state index in [1.165, 1.54) is 7.11 Å². The zero-order valence-electron chi connectivity index (χ0n) is 16.7. The van der Waals surface area contributed by atoms with E-state index in [1.807, 2.05) is 19.1 Å². The van der Waals surface area contributed by atoms with E-state index < -0.39 is 23.3 Å². The van der Waals surface area contributed by atoms with Crippen LogP contribution in [0.25, 0.3) is 0 Å². The first-order valence-electron chi connectivity index (χ1n) is 8.91. The fourth-order valence-corrected chi connectivity index (χ4v) is 3.99. The van der Waals surface area contributed by atoms with Gasteiger partial charge in [0.25, 0.3) is 11.5 Å². The molecular weight excluding hydrogens is 440 g/mol. The lowest BCUT2D eigenvalue weighted by Crippen LogP contribution is -2.13. The summed E-state index contributed by atoms with van der Waals surface area (Å²) < 4.78 is 4.78. The van der Waals surface area contributed by atoms with Crippen LogP contribution in [0.2, 0.25) is 0 Å². The van der Waals surface area contributed by atoms with Crippen LogP contribution in [0.3, 0.4) is 0 Å². The van der Waals surface area contributed by atoms with Crippen molar-refractivity contribution in [2.45, 2.75) is 13.8 Å². The van der Waals surface area contributed by atoms with Crippen molar-refractivity contribution < 1.29 is 19.4 Å². The number of anilines is 1. The summed E-state index contributed by atoms with van der Waals surface area (Å²) in [4.78, 5) is 46.4. The molecule has 2 aromatic heterocycles. The van der Waals surface area contributed by atoms with Gasteiger partial charge in [-0.15, -0.1) is 11.3 Å². The molecule has 0 unspecified atom stereocenters. The van der Waals surface area contributed by atoms with Crippen LogP contribution in [0.4, 0.5) is 10.7 Å². The van der Waals surface area contributed by atoms with E-state index in [2.05, 4.69) is 20.3 Å². The van der Waals surface area contributed by atoms with Crippen LogP contribution >= 0.6 is 23.6 Å². The molecule has 0 aliphatic carbocycles. The second-order valence-electron chi connectivity index (χ2n) is 6.43. The second kappa shape index (κ2) is 9.06. The maximum Gasteiger partial charge on any atom is 0.341 e. The molecule has 0 aliphatic heterocycles. The predicted molar refractivity (Wildman–Crippen MR) is 121 cm³/mol. The van der Waals surface area contributed by atoms with Gasteiger partial charge in [-0.2, -0.15) is 0 Å². The van der Waals surface area contributed by atoms with Gasteiger partial charge >= 0.3 is 5.97 Å². The van der Waals surface area contributed by atoms with E-state index in [9.17, 15) is 19.5 Å². The Bertz CT molecular complexity index is 1320. The van der Waals surface area contributed by atoms with Crippen LogP contribution in [-0.4, -0.2) is 40.3 Å². The third kappa shape index (κ3) is 4.62. The highest BCUT2D eigenvalue weighted by Crippen LogP contribution is 2.36. The van der Waals surface area contributed by atoms with Crippen molar-refractivity contribution >= 4 is 52.3 Å². The molecule has 2 heterocycles. The van der Waals surface area contributed by atoms with Crippen LogP contribution in [0.5, 0.6) is 5.88 Å². The number of H-pyrrole nitrogens is 2. The number of thiophene rings is 1. The Labute approximate surface area is 185 Å². The zero-order valence-corrected chi connectivity index (χ0v) is 18.4. The number of aromatic amines is 2. The number of aromatic hydroxyl groups is 1. The first kappa shape index (κ1) is 22.1. The molecule has 0 saturated carbocycles. The lowest BCUT2D eigenvalue weighted by atomic mass is 10.1. The van der Waals surface area contributed by atoms with E-state index >= 15 is 0 Å². The van der Waals surface area contributed by atoms with Crippen molar-refractivity contribution in [3.8, 4) is 5.88 Å². The average molecular weight is 459 g/mol. The van der Waals surface area contributed by atoms with Crippen molar-refractivity contribution in [2.24, 2.45) is 4.99 Å². The summed E-state index contributed by atoms with van der Waals surface area (Å²) >= 11 is 5.75. The number of hydrogen-bond donors (Lipinski definition) is 4. The smallest absolute Gasteiger partial charge is 0.341 e. The first-order chi connectivity index (χ1) is 14.7. The number of methoxy groups -OCH3 is 1. The summed E-state index contributed by atoms with van der Waals surface area (Å²) in [6.45, 7) is 3.47. The Morgan fingerprint density at radius 3 is 2.61 bits per heavy atom. The fraction of sp³-hybridized carbons (Fsp3) is 0.150. The molecule has 9 nitrogen and oxygen atoms in total.